The van der Waals surface area contributed by atoms with Gasteiger partial charge in [0.25, 0.3) is 0 Å². The first kappa shape index (κ1) is 18.1. The van der Waals surface area contributed by atoms with Crippen LogP contribution in [0.2, 0.25) is 0 Å². The highest BCUT2D eigenvalue weighted by atomic mass is 32.2. The van der Waals surface area contributed by atoms with Crippen LogP contribution < -0.4 is 5.14 Å². The highest BCUT2D eigenvalue weighted by molar-refractivity contribution is 7.89. The highest BCUT2D eigenvalue weighted by Crippen LogP contribution is 2.30. The zero-order valence-corrected chi connectivity index (χ0v) is 14.9. The third-order valence-corrected chi connectivity index (χ3v) is 4.89. The Labute approximate surface area is 151 Å². The number of rotatable bonds is 4. The molecule has 1 aliphatic rings. The molecule has 2 aromatic rings. The normalized spacial score (nSPS) is 16.7. The van der Waals surface area contributed by atoms with E-state index in [2.05, 4.69) is 5.16 Å². The molecule has 8 heteroatoms. The van der Waals surface area contributed by atoms with Gasteiger partial charge in [0.15, 0.2) is 6.10 Å². The molecule has 0 saturated heterocycles. The predicted molar refractivity (Wildman–Crippen MR) is 95.5 cm³/mol. The molecule has 1 aliphatic heterocycles. The zero-order valence-electron chi connectivity index (χ0n) is 14.1. The number of nitrogens with two attached hydrogens (primary N) is 1. The largest absolute Gasteiger partial charge is 0.408 e. The lowest BCUT2D eigenvalue weighted by Gasteiger charge is -2.09. The van der Waals surface area contributed by atoms with E-state index in [1.807, 2.05) is 24.3 Å². The van der Waals surface area contributed by atoms with Gasteiger partial charge in [0.05, 0.1) is 11.3 Å². The SMILES string of the molecule is CCC(=O)OC1=NOC(c2ccc(-c3ccc(S(N)(=O)=O)cc3)cc2)C1. The molecular weight excluding hydrogens is 356 g/mol. The van der Waals surface area contributed by atoms with Crippen molar-refractivity contribution in [2.45, 2.75) is 30.8 Å². The maximum atomic E-state index is 11.3. The molecule has 7 nitrogen and oxygen atoms in total. The fraction of sp³-hybridized carbons (Fsp3) is 0.222. The van der Waals surface area contributed by atoms with Crippen LogP contribution in [0.15, 0.2) is 58.6 Å². The topological polar surface area (TPSA) is 108 Å². The minimum absolute atomic E-state index is 0.0727. The van der Waals surface area contributed by atoms with Crippen LogP contribution in [0.5, 0.6) is 0 Å². The number of carbonyl (C=O) groups excluding carboxylic acids is 1. The molecule has 136 valence electrons. The molecule has 0 aromatic heterocycles. The number of benzene rings is 2. The van der Waals surface area contributed by atoms with Crippen LogP contribution in [0.25, 0.3) is 11.1 Å². The summed E-state index contributed by atoms with van der Waals surface area (Å²) in [6.45, 7) is 1.71. The van der Waals surface area contributed by atoms with Crippen molar-refractivity contribution in [1.29, 1.82) is 0 Å². The minimum Gasteiger partial charge on any atom is -0.408 e. The van der Waals surface area contributed by atoms with E-state index in [-0.39, 0.29) is 29.3 Å². The number of primary sulfonamides is 1. The van der Waals surface area contributed by atoms with E-state index in [0.717, 1.165) is 16.7 Å². The molecule has 2 N–H and O–H groups in total. The molecule has 1 unspecified atom stereocenters. The van der Waals surface area contributed by atoms with Gasteiger partial charge >= 0.3 is 5.97 Å². The Morgan fingerprint density at radius 1 is 1.15 bits per heavy atom. The third kappa shape index (κ3) is 4.09. The second-order valence-electron chi connectivity index (χ2n) is 5.80. The third-order valence-electron chi connectivity index (χ3n) is 3.96. The summed E-state index contributed by atoms with van der Waals surface area (Å²) < 4.78 is 27.7. The van der Waals surface area contributed by atoms with Crippen molar-refractivity contribution in [2.24, 2.45) is 10.3 Å². The maximum Gasteiger partial charge on any atom is 0.312 e. The van der Waals surface area contributed by atoms with Crippen LogP contribution in [0, 0.1) is 0 Å². The van der Waals surface area contributed by atoms with Crippen LogP contribution in [0.4, 0.5) is 0 Å². The van der Waals surface area contributed by atoms with Crippen molar-refractivity contribution in [2.75, 3.05) is 0 Å². The summed E-state index contributed by atoms with van der Waals surface area (Å²) in [6, 6.07) is 13.9. The molecule has 0 spiro atoms. The number of hydrogen-bond donors (Lipinski definition) is 1. The molecule has 3 rings (SSSR count). The van der Waals surface area contributed by atoms with Gasteiger partial charge in [-0.15, -0.1) is 0 Å². The number of nitrogens with zero attached hydrogens (tertiary/aromatic N) is 1. The Hall–Kier alpha value is -2.71. The van der Waals surface area contributed by atoms with Gasteiger partial charge in [-0.05, 0) is 28.8 Å². The van der Waals surface area contributed by atoms with Gasteiger partial charge in [0.1, 0.15) is 0 Å². The number of carbonyl (C=O) groups is 1. The van der Waals surface area contributed by atoms with Crippen LogP contribution in [0.1, 0.15) is 31.4 Å². The zero-order chi connectivity index (χ0) is 18.7. The van der Waals surface area contributed by atoms with Gasteiger partial charge in [-0.1, -0.05) is 48.5 Å². The summed E-state index contributed by atoms with van der Waals surface area (Å²) in [7, 11) is -3.70. The second-order valence-corrected chi connectivity index (χ2v) is 7.36. The maximum absolute atomic E-state index is 11.3. The average Bonchev–Trinajstić information content (AvgIpc) is 3.09. The molecule has 1 heterocycles. The molecule has 0 fully saturated rings. The van der Waals surface area contributed by atoms with E-state index >= 15 is 0 Å². The van der Waals surface area contributed by atoms with E-state index < -0.39 is 10.0 Å². The molecule has 0 amide bonds. The molecule has 0 bridgehead atoms. The summed E-state index contributed by atoms with van der Waals surface area (Å²) >= 11 is 0. The first-order valence-electron chi connectivity index (χ1n) is 8.03. The Kier molecular flexibility index (Phi) is 5.06. The van der Waals surface area contributed by atoms with E-state index in [0.29, 0.717) is 6.42 Å². The lowest BCUT2D eigenvalue weighted by Crippen LogP contribution is -2.11. The number of esters is 1. The molecule has 2 aromatic carbocycles. The van der Waals surface area contributed by atoms with Crippen molar-refractivity contribution in [3.63, 3.8) is 0 Å². The number of sulfonamides is 1. The van der Waals surface area contributed by atoms with Crippen molar-refractivity contribution in [3.05, 3.63) is 54.1 Å². The summed E-state index contributed by atoms with van der Waals surface area (Å²) in [4.78, 5) is 16.7. The van der Waals surface area contributed by atoms with Gasteiger partial charge in [0.2, 0.25) is 15.9 Å². The summed E-state index contributed by atoms with van der Waals surface area (Å²) in [5.41, 5.74) is 2.69. The summed E-state index contributed by atoms with van der Waals surface area (Å²) in [6.07, 6.45) is 0.380. The van der Waals surface area contributed by atoms with Crippen molar-refractivity contribution >= 4 is 21.9 Å². The molecule has 0 aliphatic carbocycles. The lowest BCUT2D eigenvalue weighted by molar-refractivity contribution is -0.135. The Balaban J connectivity index is 1.69. The van der Waals surface area contributed by atoms with Crippen LogP contribution >= 0.6 is 0 Å². The van der Waals surface area contributed by atoms with Crippen molar-refractivity contribution < 1.29 is 22.8 Å². The smallest absolute Gasteiger partial charge is 0.312 e. The highest BCUT2D eigenvalue weighted by Gasteiger charge is 2.25. The number of hydrogen-bond acceptors (Lipinski definition) is 6. The molecule has 0 radical (unpaired) electrons. The average molecular weight is 374 g/mol. The quantitative estimate of drug-likeness (QED) is 0.828. The fourth-order valence-electron chi connectivity index (χ4n) is 2.53. The van der Waals surface area contributed by atoms with Gasteiger partial charge in [-0.25, -0.2) is 13.6 Å². The van der Waals surface area contributed by atoms with E-state index in [1.165, 1.54) is 12.1 Å². The van der Waals surface area contributed by atoms with E-state index in [1.54, 1.807) is 19.1 Å². The first-order valence-corrected chi connectivity index (χ1v) is 9.58. The predicted octanol–water partition coefficient (Wildman–Crippen LogP) is 2.73. The molecule has 0 saturated carbocycles. The van der Waals surface area contributed by atoms with Crippen LogP contribution in [-0.4, -0.2) is 20.3 Å². The fourth-order valence-corrected chi connectivity index (χ4v) is 3.04. The van der Waals surface area contributed by atoms with Gasteiger partial charge in [-0.3, -0.25) is 4.79 Å². The van der Waals surface area contributed by atoms with Gasteiger partial charge in [0, 0.05) is 6.42 Å². The number of oxime groups is 1. The Morgan fingerprint density at radius 2 is 1.73 bits per heavy atom. The lowest BCUT2D eigenvalue weighted by atomic mass is 10.0. The van der Waals surface area contributed by atoms with Crippen molar-refractivity contribution in [3.8, 4) is 11.1 Å². The Morgan fingerprint density at radius 3 is 2.27 bits per heavy atom. The van der Waals surface area contributed by atoms with Crippen LogP contribution in [-0.2, 0) is 24.4 Å². The van der Waals surface area contributed by atoms with Gasteiger partial charge < -0.3 is 9.57 Å². The summed E-state index contributed by atoms with van der Waals surface area (Å²) in [5.74, 6) is -0.0594. The summed E-state index contributed by atoms with van der Waals surface area (Å²) in [5, 5.41) is 8.90. The second kappa shape index (κ2) is 7.27. The standard InChI is InChI=1S/C18H18N2O5S/c1-2-18(21)24-17-11-16(25-20-17)14-5-3-12(4-6-14)13-7-9-15(10-8-13)26(19,22)23/h3-10,16H,2,11H2,1H3,(H2,19,22,23). The monoisotopic (exact) mass is 374 g/mol. The van der Waals surface area contributed by atoms with Crippen LogP contribution in [0.3, 0.4) is 0 Å². The van der Waals surface area contributed by atoms with E-state index in [9.17, 15) is 13.2 Å². The number of ether oxygens (including phenoxy) is 1. The van der Waals surface area contributed by atoms with E-state index in [4.69, 9.17) is 14.7 Å². The molecule has 1 atom stereocenters. The Bertz CT molecular complexity index is 935. The minimum atomic E-state index is -3.70. The molecular formula is C18H18N2O5S. The van der Waals surface area contributed by atoms with Gasteiger partial charge in [-0.2, -0.15) is 0 Å². The van der Waals surface area contributed by atoms with Crippen molar-refractivity contribution in [1.82, 2.24) is 0 Å². The molecule has 26 heavy (non-hydrogen) atoms. The first-order chi connectivity index (χ1) is 12.4.